The van der Waals surface area contributed by atoms with Crippen LogP contribution in [-0.2, 0) is 18.9 Å². The van der Waals surface area contributed by atoms with E-state index in [9.17, 15) is 14.4 Å². The molecule has 1 aliphatic rings. The van der Waals surface area contributed by atoms with E-state index in [4.69, 9.17) is 30.5 Å². The highest BCUT2D eigenvalue weighted by atomic mass is 79.9. The minimum Gasteiger partial charge on any atom is -0.459 e. The molecule has 222 valence electrons. The third-order valence-corrected chi connectivity index (χ3v) is 7.86. The van der Waals surface area contributed by atoms with Gasteiger partial charge < -0.3 is 23.5 Å². The van der Waals surface area contributed by atoms with E-state index in [-0.39, 0.29) is 22.9 Å². The first-order valence-corrected chi connectivity index (χ1v) is 14.6. The summed E-state index contributed by atoms with van der Waals surface area (Å²) in [4.78, 5) is 48.0. The zero-order chi connectivity index (χ0) is 30.6. The number of carbonyl (C=O) groups excluding carboxylic acids is 3. The lowest BCUT2D eigenvalue weighted by Crippen LogP contribution is -2.41. The molecule has 0 amide bonds. The highest BCUT2D eigenvalue weighted by Gasteiger charge is 2.52. The number of benzene rings is 3. The second-order valence-electron chi connectivity index (χ2n) is 9.75. The van der Waals surface area contributed by atoms with Crippen LogP contribution in [0.2, 0.25) is 5.15 Å². The number of carbonyl (C=O) groups is 3. The second kappa shape index (κ2) is 13.0. The molecule has 1 saturated heterocycles. The van der Waals surface area contributed by atoms with Crippen LogP contribution in [0.1, 0.15) is 37.3 Å². The highest BCUT2D eigenvalue weighted by Crippen LogP contribution is 2.40. The molecular weight excluding hydrogens is 654 g/mol. The molecule has 0 N–H and O–H groups in total. The Bertz CT molecular complexity index is 1800. The summed E-state index contributed by atoms with van der Waals surface area (Å²) in [7, 11) is 0. The number of esters is 3. The maximum Gasteiger partial charge on any atom is 0.338 e. The Morgan fingerprint density at radius 3 is 1.86 bits per heavy atom. The van der Waals surface area contributed by atoms with E-state index in [1.165, 1.54) is 6.33 Å². The zero-order valence-corrected chi connectivity index (χ0v) is 25.1. The summed E-state index contributed by atoms with van der Waals surface area (Å²) in [6, 6.07) is 25.2. The van der Waals surface area contributed by atoms with Gasteiger partial charge in [-0.25, -0.2) is 24.4 Å². The summed E-state index contributed by atoms with van der Waals surface area (Å²) < 4.78 is 26.2. The maximum atomic E-state index is 13.4. The molecule has 10 nitrogen and oxygen atoms in total. The van der Waals surface area contributed by atoms with E-state index in [0.717, 1.165) is 0 Å². The Morgan fingerprint density at radius 1 is 0.773 bits per heavy atom. The first-order chi connectivity index (χ1) is 21.4. The van der Waals surface area contributed by atoms with Crippen molar-refractivity contribution in [1.82, 2.24) is 14.5 Å². The van der Waals surface area contributed by atoms with Crippen molar-refractivity contribution in [3.05, 3.63) is 130 Å². The van der Waals surface area contributed by atoms with E-state index in [1.54, 1.807) is 102 Å². The van der Waals surface area contributed by atoms with Crippen molar-refractivity contribution in [3.8, 4) is 0 Å². The predicted molar refractivity (Wildman–Crippen MR) is 162 cm³/mol. The van der Waals surface area contributed by atoms with Crippen LogP contribution in [0.15, 0.2) is 108 Å². The van der Waals surface area contributed by atoms with Gasteiger partial charge in [0, 0.05) is 10.7 Å². The van der Waals surface area contributed by atoms with Gasteiger partial charge in [-0.3, -0.25) is 0 Å². The maximum absolute atomic E-state index is 13.4. The molecule has 0 radical (unpaired) electrons. The third kappa shape index (κ3) is 6.07. The van der Waals surface area contributed by atoms with Crippen LogP contribution in [0.25, 0.3) is 11.0 Å². The van der Waals surface area contributed by atoms with E-state index >= 15 is 0 Å². The Morgan fingerprint density at radius 2 is 1.30 bits per heavy atom. The number of fused-ring (bicyclic) bond motifs is 1. The molecule has 1 fully saturated rings. The molecule has 12 heteroatoms. The Balaban J connectivity index is 1.39. The smallest absolute Gasteiger partial charge is 0.338 e. The summed E-state index contributed by atoms with van der Waals surface area (Å²) in [5.74, 6) is -1.95. The summed E-state index contributed by atoms with van der Waals surface area (Å²) in [5.41, 5.74) is 1.26. The average Bonchev–Trinajstić information content (AvgIpc) is 3.57. The van der Waals surface area contributed by atoms with Gasteiger partial charge in [0.15, 0.2) is 18.4 Å². The Hall–Kier alpha value is -4.58. The second-order valence-corrected chi connectivity index (χ2v) is 11.0. The first-order valence-electron chi connectivity index (χ1n) is 13.5. The van der Waals surface area contributed by atoms with Crippen LogP contribution in [0.5, 0.6) is 0 Å². The molecule has 0 aliphatic carbocycles. The van der Waals surface area contributed by atoms with Crippen LogP contribution in [0.3, 0.4) is 0 Å². The van der Waals surface area contributed by atoms with Gasteiger partial charge in [0.1, 0.15) is 29.8 Å². The number of aromatic nitrogens is 3. The molecule has 0 bridgehead atoms. The zero-order valence-electron chi connectivity index (χ0n) is 22.8. The molecule has 3 aromatic carbocycles. The summed E-state index contributed by atoms with van der Waals surface area (Å²) in [6.07, 6.45) is -1.56. The lowest BCUT2D eigenvalue weighted by atomic mass is 10.1. The Labute approximate surface area is 264 Å². The quantitative estimate of drug-likeness (QED) is 0.110. The van der Waals surface area contributed by atoms with Gasteiger partial charge in [-0.15, -0.1) is 0 Å². The van der Waals surface area contributed by atoms with Gasteiger partial charge in [-0.2, -0.15) is 0 Å². The fraction of sp³-hybridized carbons (Fsp3) is 0.156. The van der Waals surface area contributed by atoms with Gasteiger partial charge in [-0.1, -0.05) is 66.2 Å². The summed E-state index contributed by atoms with van der Waals surface area (Å²) >= 11 is 9.87. The van der Waals surface area contributed by atoms with E-state index < -0.39 is 42.4 Å². The van der Waals surface area contributed by atoms with Crippen molar-refractivity contribution < 1.29 is 33.3 Å². The predicted octanol–water partition coefficient (Wildman–Crippen LogP) is 6.05. The number of nitrogens with zero attached hydrogens (tertiary/aromatic N) is 3. The molecule has 3 heterocycles. The molecule has 1 aliphatic heterocycles. The van der Waals surface area contributed by atoms with Crippen LogP contribution in [0.4, 0.5) is 0 Å². The normalized spacial score (nSPS) is 19.4. The standard InChI is InChI=1S/C32H23BrClN3O7/c33-22-16-37(28-24(22)27(34)35-18-36-28)29-26(44-32(40)21-14-8-3-9-15-21)25(43-31(39)20-12-6-2-7-13-20)23(42-29)17-41-30(38)19-10-4-1-5-11-19/h1-16,18,23,25-26,29H,17H2/t23-,25-,26-,29-/m0/s1. The molecule has 0 saturated carbocycles. The van der Waals surface area contributed by atoms with Crippen LogP contribution < -0.4 is 0 Å². The van der Waals surface area contributed by atoms with Crippen molar-refractivity contribution in [1.29, 1.82) is 0 Å². The van der Waals surface area contributed by atoms with Crippen LogP contribution >= 0.6 is 27.5 Å². The highest BCUT2D eigenvalue weighted by molar-refractivity contribution is 9.10. The van der Waals surface area contributed by atoms with E-state index in [2.05, 4.69) is 25.9 Å². The van der Waals surface area contributed by atoms with Crippen molar-refractivity contribution >= 4 is 56.5 Å². The molecule has 0 unspecified atom stereocenters. The third-order valence-electron chi connectivity index (χ3n) is 6.97. The molecular formula is C32H23BrClN3O7. The number of rotatable bonds is 8. The van der Waals surface area contributed by atoms with Crippen molar-refractivity contribution in [3.63, 3.8) is 0 Å². The number of halogens is 2. The number of hydrogen-bond donors (Lipinski definition) is 0. The number of hydrogen-bond acceptors (Lipinski definition) is 9. The summed E-state index contributed by atoms with van der Waals surface area (Å²) in [6.45, 7) is -0.313. The summed E-state index contributed by atoms with van der Waals surface area (Å²) in [5, 5.41) is 0.694. The molecule has 4 atom stereocenters. The lowest BCUT2D eigenvalue weighted by Gasteiger charge is -2.25. The lowest BCUT2D eigenvalue weighted by molar-refractivity contribution is -0.0604. The largest absolute Gasteiger partial charge is 0.459 e. The van der Waals surface area contributed by atoms with Crippen molar-refractivity contribution in [2.24, 2.45) is 0 Å². The molecule has 44 heavy (non-hydrogen) atoms. The van der Waals surface area contributed by atoms with Crippen LogP contribution in [-0.4, -0.2) is 57.4 Å². The fourth-order valence-corrected chi connectivity index (χ4v) is 5.81. The van der Waals surface area contributed by atoms with Crippen molar-refractivity contribution in [2.75, 3.05) is 6.61 Å². The van der Waals surface area contributed by atoms with Gasteiger partial charge >= 0.3 is 17.9 Å². The van der Waals surface area contributed by atoms with Gasteiger partial charge in [0.05, 0.1) is 22.1 Å². The minimum absolute atomic E-state index is 0.192. The SMILES string of the molecule is O=C(OC[C@@H]1O[C@H](n2cc(Br)c3c(Cl)ncnc32)[C@@H](OC(=O)c2ccccc2)[C@H]1OC(=O)c1ccccc1)c1ccccc1. The monoisotopic (exact) mass is 675 g/mol. The molecule has 0 spiro atoms. The molecule has 5 aromatic rings. The number of ether oxygens (including phenoxy) is 4. The molecule has 6 rings (SSSR count). The fourth-order valence-electron chi connectivity index (χ4n) is 4.88. The topological polar surface area (TPSA) is 119 Å². The van der Waals surface area contributed by atoms with Gasteiger partial charge in [0.2, 0.25) is 0 Å². The van der Waals surface area contributed by atoms with Gasteiger partial charge in [0.25, 0.3) is 0 Å². The van der Waals surface area contributed by atoms with Crippen molar-refractivity contribution in [2.45, 2.75) is 24.5 Å². The van der Waals surface area contributed by atoms with E-state index in [1.807, 2.05) is 0 Å². The Kier molecular flexibility index (Phi) is 8.69. The average molecular weight is 677 g/mol. The molecule has 2 aromatic heterocycles. The van der Waals surface area contributed by atoms with Gasteiger partial charge in [-0.05, 0) is 52.3 Å². The van der Waals surface area contributed by atoms with E-state index in [0.29, 0.717) is 21.1 Å². The van der Waals surface area contributed by atoms with Crippen LogP contribution in [0, 0.1) is 0 Å². The first kappa shape index (κ1) is 29.5. The minimum atomic E-state index is -1.20.